The number of ether oxygens (including phenoxy) is 1. The Balaban J connectivity index is 0. The Kier molecular flexibility index (Phi) is 13.0. The highest BCUT2D eigenvalue weighted by Gasteiger charge is 2.14. The standard InChI is InChI=1S/C7H17N.C5H10O.C2H6/c1-5-7(2,3)6-8-4;1-6-5-3-2-4-5;1-2/h8H,5-6H2,1-4H3;5H,2-4H2,1H3;1-2H3. The summed E-state index contributed by atoms with van der Waals surface area (Å²) in [5.74, 6) is 0. The van der Waals surface area contributed by atoms with Gasteiger partial charge in [0.15, 0.2) is 0 Å². The quantitative estimate of drug-likeness (QED) is 0.793. The fraction of sp³-hybridized carbons (Fsp3) is 1.00. The van der Waals surface area contributed by atoms with Crippen molar-refractivity contribution < 1.29 is 4.74 Å². The fourth-order valence-electron chi connectivity index (χ4n) is 1.21. The van der Waals surface area contributed by atoms with E-state index in [1.807, 2.05) is 20.9 Å². The highest BCUT2D eigenvalue weighted by Crippen LogP contribution is 2.20. The van der Waals surface area contributed by atoms with Gasteiger partial charge < -0.3 is 10.1 Å². The van der Waals surface area contributed by atoms with E-state index in [-0.39, 0.29) is 0 Å². The smallest absolute Gasteiger partial charge is 0.0571 e. The number of rotatable bonds is 4. The van der Waals surface area contributed by atoms with Crippen molar-refractivity contribution in [2.75, 3.05) is 20.7 Å². The van der Waals surface area contributed by atoms with Crippen molar-refractivity contribution in [1.29, 1.82) is 0 Å². The van der Waals surface area contributed by atoms with E-state index in [9.17, 15) is 0 Å². The van der Waals surface area contributed by atoms with E-state index in [1.165, 1.54) is 25.7 Å². The van der Waals surface area contributed by atoms with Crippen molar-refractivity contribution >= 4 is 0 Å². The first-order valence-corrected chi connectivity index (χ1v) is 6.73. The summed E-state index contributed by atoms with van der Waals surface area (Å²) in [6.07, 6.45) is 5.81. The van der Waals surface area contributed by atoms with Gasteiger partial charge in [0.2, 0.25) is 0 Å². The molecule has 0 aromatic carbocycles. The van der Waals surface area contributed by atoms with E-state index >= 15 is 0 Å². The van der Waals surface area contributed by atoms with Gasteiger partial charge in [-0.2, -0.15) is 0 Å². The highest BCUT2D eigenvalue weighted by molar-refractivity contribution is 4.67. The van der Waals surface area contributed by atoms with Crippen LogP contribution in [0.15, 0.2) is 0 Å². The van der Waals surface area contributed by atoms with Crippen LogP contribution < -0.4 is 5.32 Å². The molecule has 16 heavy (non-hydrogen) atoms. The third-order valence-electron chi connectivity index (χ3n) is 3.00. The summed E-state index contributed by atoms with van der Waals surface area (Å²) in [6.45, 7) is 11.9. The molecule has 0 amide bonds. The average Bonchev–Trinajstić information content (AvgIpc) is 2.20. The monoisotopic (exact) mass is 231 g/mol. The summed E-state index contributed by atoms with van der Waals surface area (Å²) in [5, 5.41) is 3.16. The zero-order chi connectivity index (χ0) is 13.0. The SMILES string of the molecule is CC.CCC(C)(C)CNC.COC1CCC1. The Morgan fingerprint density at radius 2 is 1.75 bits per heavy atom. The van der Waals surface area contributed by atoms with Crippen molar-refractivity contribution in [3.63, 3.8) is 0 Å². The largest absolute Gasteiger partial charge is 0.381 e. The van der Waals surface area contributed by atoms with Crippen LogP contribution in [0.25, 0.3) is 0 Å². The molecule has 1 fully saturated rings. The highest BCUT2D eigenvalue weighted by atomic mass is 16.5. The summed E-state index contributed by atoms with van der Waals surface area (Å²) in [4.78, 5) is 0. The molecule has 2 heteroatoms. The van der Waals surface area contributed by atoms with Crippen LogP contribution in [-0.2, 0) is 4.74 Å². The molecule has 1 aliphatic carbocycles. The normalized spacial score (nSPS) is 15.2. The molecule has 0 bridgehead atoms. The van der Waals surface area contributed by atoms with E-state index in [0.29, 0.717) is 11.5 Å². The van der Waals surface area contributed by atoms with Gasteiger partial charge in [0.25, 0.3) is 0 Å². The van der Waals surface area contributed by atoms with Gasteiger partial charge in [-0.3, -0.25) is 0 Å². The van der Waals surface area contributed by atoms with Crippen molar-refractivity contribution in [3.05, 3.63) is 0 Å². The molecule has 0 aromatic rings. The lowest BCUT2D eigenvalue weighted by Gasteiger charge is -2.22. The van der Waals surface area contributed by atoms with Crippen molar-refractivity contribution in [1.82, 2.24) is 5.32 Å². The Labute approximate surface area is 103 Å². The third kappa shape index (κ3) is 10.4. The number of hydrogen-bond acceptors (Lipinski definition) is 2. The van der Waals surface area contributed by atoms with Gasteiger partial charge in [0.1, 0.15) is 0 Å². The fourth-order valence-corrected chi connectivity index (χ4v) is 1.21. The third-order valence-corrected chi connectivity index (χ3v) is 3.00. The van der Waals surface area contributed by atoms with E-state index in [1.54, 1.807) is 7.11 Å². The van der Waals surface area contributed by atoms with Gasteiger partial charge in [-0.1, -0.05) is 34.6 Å². The predicted molar refractivity (Wildman–Crippen MR) is 74.0 cm³/mol. The second-order valence-electron chi connectivity index (χ2n) is 4.84. The van der Waals surface area contributed by atoms with Crippen LogP contribution in [-0.4, -0.2) is 26.8 Å². The summed E-state index contributed by atoms with van der Waals surface area (Å²) in [5.41, 5.74) is 0.481. The Bertz CT molecular complexity index is 128. The van der Waals surface area contributed by atoms with Crippen molar-refractivity contribution in [3.8, 4) is 0 Å². The number of hydrogen-bond donors (Lipinski definition) is 1. The first-order chi connectivity index (χ1) is 7.55. The molecule has 0 saturated heterocycles. The molecule has 0 atom stereocenters. The maximum Gasteiger partial charge on any atom is 0.0571 e. The minimum absolute atomic E-state index is 0.481. The zero-order valence-corrected chi connectivity index (χ0v) is 12.5. The second kappa shape index (κ2) is 11.4. The lowest BCUT2D eigenvalue weighted by Crippen LogP contribution is -2.25. The molecule has 100 valence electrons. The van der Waals surface area contributed by atoms with Gasteiger partial charge in [0, 0.05) is 7.11 Å². The molecule has 0 spiro atoms. The van der Waals surface area contributed by atoms with Crippen molar-refractivity contribution in [2.24, 2.45) is 5.41 Å². The van der Waals surface area contributed by atoms with Crippen LogP contribution in [0.1, 0.15) is 60.3 Å². The molecule has 0 heterocycles. The maximum atomic E-state index is 4.99. The molecule has 1 saturated carbocycles. The molecule has 0 radical (unpaired) electrons. The molecule has 0 aromatic heterocycles. The molecule has 1 aliphatic rings. The summed E-state index contributed by atoms with van der Waals surface area (Å²) < 4.78 is 4.99. The first kappa shape index (κ1) is 18.3. The van der Waals surface area contributed by atoms with Crippen LogP contribution in [0.4, 0.5) is 0 Å². The Morgan fingerprint density at radius 3 is 1.81 bits per heavy atom. The molecule has 1 N–H and O–H groups in total. The summed E-state index contributed by atoms with van der Waals surface area (Å²) in [6, 6.07) is 0. The first-order valence-electron chi connectivity index (χ1n) is 6.73. The van der Waals surface area contributed by atoms with Crippen LogP contribution >= 0.6 is 0 Å². The molecular weight excluding hydrogens is 198 g/mol. The van der Waals surface area contributed by atoms with Gasteiger partial charge in [-0.15, -0.1) is 0 Å². The molecular formula is C14H33NO. The van der Waals surface area contributed by atoms with E-state index in [4.69, 9.17) is 4.74 Å². The van der Waals surface area contributed by atoms with Gasteiger partial charge in [-0.05, 0) is 44.7 Å². The topological polar surface area (TPSA) is 21.3 Å². The molecule has 0 aliphatic heterocycles. The number of methoxy groups -OCH3 is 1. The molecule has 1 rings (SSSR count). The van der Waals surface area contributed by atoms with Gasteiger partial charge in [-0.25, -0.2) is 0 Å². The Morgan fingerprint density at radius 1 is 1.25 bits per heavy atom. The van der Waals surface area contributed by atoms with Gasteiger partial charge in [0.05, 0.1) is 6.10 Å². The predicted octanol–water partition coefficient (Wildman–Crippen LogP) is 3.85. The maximum absolute atomic E-state index is 4.99. The minimum Gasteiger partial charge on any atom is -0.381 e. The van der Waals surface area contributed by atoms with Gasteiger partial charge >= 0.3 is 0 Å². The van der Waals surface area contributed by atoms with Crippen LogP contribution in [0, 0.1) is 5.41 Å². The summed E-state index contributed by atoms with van der Waals surface area (Å²) >= 11 is 0. The van der Waals surface area contributed by atoms with E-state index < -0.39 is 0 Å². The van der Waals surface area contributed by atoms with Crippen LogP contribution in [0.3, 0.4) is 0 Å². The number of nitrogens with one attached hydrogen (secondary N) is 1. The van der Waals surface area contributed by atoms with Crippen LogP contribution in [0.2, 0.25) is 0 Å². The summed E-state index contributed by atoms with van der Waals surface area (Å²) in [7, 11) is 3.78. The molecule has 0 unspecified atom stereocenters. The average molecular weight is 231 g/mol. The van der Waals surface area contributed by atoms with E-state index in [2.05, 4.69) is 26.1 Å². The molecule has 2 nitrogen and oxygen atoms in total. The Hall–Kier alpha value is -0.0800. The second-order valence-corrected chi connectivity index (χ2v) is 4.84. The lowest BCUT2D eigenvalue weighted by molar-refractivity contribution is 0.0412. The minimum atomic E-state index is 0.481. The lowest BCUT2D eigenvalue weighted by atomic mass is 9.90. The van der Waals surface area contributed by atoms with Crippen molar-refractivity contribution in [2.45, 2.75) is 66.4 Å². The van der Waals surface area contributed by atoms with Crippen LogP contribution in [0.5, 0.6) is 0 Å². The van der Waals surface area contributed by atoms with E-state index in [0.717, 1.165) is 6.54 Å². The zero-order valence-electron chi connectivity index (χ0n) is 12.5.